The molecule has 1 heterocycles. The molecule has 18 heavy (non-hydrogen) atoms. The Morgan fingerprint density at radius 3 is 2.61 bits per heavy atom. The number of hydrogen-bond donors (Lipinski definition) is 2. The van der Waals surface area contributed by atoms with E-state index in [2.05, 4.69) is 27.5 Å². The number of nitrogens with zero attached hydrogens (tertiary/aromatic N) is 2. The van der Waals surface area contributed by atoms with Crippen LogP contribution in [0.15, 0.2) is 6.07 Å². The third-order valence-corrected chi connectivity index (χ3v) is 3.83. The van der Waals surface area contributed by atoms with Gasteiger partial charge < -0.3 is 10.6 Å². The summed E-state index contributed by atoms with van der Waals surface area (Å²) in [5.41, 5.74) is 1.42. The Bertz CT molecular complexity index is 397. The molecule has 100 valence electrons. The normalized spacial score (nSPS) is 18.4. The van der Waals surface area contributed by atoms with Crippen molar-refractivity contribution in [1.29, 1.82) is 0 Å². The topological polar surface area (TPSA) is 49.8 Å². The summed E-state index contributed by atoms with van der Waals surface area (Å²) < 4.78 is 0. The molecule has 0 aliphatic heterocycles. The van der Waals surface area contributed by atoms with Crippen molar-refractivity contribution in [2.24, 2.45) is 5.41 Å². The predicted molar refractivity (Wildman–Crippen MR) is 76.0 cm³/mol. The molecule has 1 aromatic heterocycles. The fourth-order valence-electron chi connectivity index (χ4n) is 2.66. The standard InChI is InChI=1S/C14H24N4/c1-11-9-12(18-13(15-3)17-11)16-10-14(2)7-5-4-6-8-14/h9H,4-8,10H2,1-3H3,(H2,15,16,17,18). The van der Waals surface area contributed by atoms with Crippen molar-refractivity contribution in [3.63, 3.8) is 0 Å². The van der Waals surface area contributed by atoms with E-state index >= 15 is 0 Å². The van der Waals surface area contributed by atoms with E-state index in [4.69, 9.17) is 0 Å². The molecule has 0 radical (unpaired) electrons. The van der Waals surface area contributed by atoms with Gasteiger partial charge in [-0.05, 0) is 25.2 Å². The van der Waals surface area contributed by atoms with Gasteiger partial charge in [-0.25, -0.2) is 4.98 Å². The van der Waals surface area contributed by atoms with Crippen molar-refractivity contribution in [3.05, 3.63) is 11.8 Å². The lowest BCUT2D eigenvalue weighted by atomic mass is 9.76. The average Bonchev–Trinajstić information content (AvgIpc) is 2.37. The summed E-state index contributed by atoms with van der Waals surface area (Å²) in [5, 5.41) is 6.47. The Kier molecular flexibility index (Phi) is 4.04. The van der Waals surface area contributed by atoms with Gasteiger partial charge in [0.25, 0.3) is 0 Å². The van der Waals surface area contributed by atoms with E-state index in [1.165, 1.54) is 32.1 Å². The van der Waals surface area contributed by atoms with Crippen LogP contribution in [0.1, 0.15) is 44.7 Å². The minimum Gasteiger partial charge on any atom is -0.369 e. The molecule has 0 bridgehead atoms. The summed E-state index contributed by atoms with van der Waals surface area (Å²) in [5.74, 6) is 1.62. The molecule has 4 heteroatoms. The molecule has 0 amide bonds. The van der Waals surface area contributed by atoms with Gasteiger partial charge in [0, 0.05) is 25.4 Å². The van der Waals surface area contributed by atoms with Crippen molar-refractivity contribution in [2.45, 2.75) is 46.0 Å². The Morgan fingerprint density at radius 1 is 1.22 bits per heavy atom. The van der Waals surface area contributed by atoms with Gasteiger partial charge in [0.05, 0.1) is 0 Å². The zero-order chi connectivity index (χ0) is 13.0. The molecule has 0 spiro atoms. The highest BCUT2D eigenvalue weighted by Gasteiger charge is 2.26. The minimum absolute atomic E-state index is 0.427. The van der Waals surface area contributed by atoms with Crippen LogP contribution in [0.2, 0.25) is 0 Å². The molecule has 1 fully saturated rings. The predicted octanol–water partition coefficient (Wildman–Crippen LogP) is 3.21. The van der Waals surface area contributed by atoms with Crippen molar-refractivity contribution in [3.8, 4) is 0 Å². The first kappa shape index (κ1) is 13.1. The first-order valence-corrected chi connectivity index (χ1v) is 6.89. The maximum absolute atomic E-state index is 4.43. The zero-order valence-electron chi connectivity index (χ0n) is 11.7. The lowest BCUT2D eigenvalue weighted by molar-refractivity contribution is 0.233. The molecule has 0 aromatic carbocycles. The van der Waals surface area contributed by atoms with Gasteiger partial charge in [-0.3, -0.25) is 0 Å². The van der Waals surface area contributed by atoms with E-state index in [0.29, 0.717) is 11.4 Å². The van der Waals surface area contributed by atoms with E-state index in [1.807, 2.05) is 20.0 Å². The highest BCUT2D eigenvalue weighted by Crippen LogP contribution is 2.35. The summed E-state index contributed by atoms with van der Waals surface area (Å²) in [6.45, 7) is 5.38. The fraction of sp³-hybridized carbons (Fsp3) is 0.714. The van der Waals surface area contributed by atoms with Crippen LogP contribution < -0.4 is 10.6 Å². The molecule has 1 aliphatic carbocycles. The Labute approximate surface area is 110 Å². The molecule has 2 N–H and O–H groups in total. The lowest BCUT2D eigenvalue weighted by Gasteiger charge is -2.33. The van der Waals surface area contributed by atoms with Gasteiger partial charge >= 0.3 is 0 Å². The molecule has 1 saturated carbocycles. The fourth-order valence-corrected chi connectivity index (χ4v) is 2.66. The number of nitrogens with one attached hydrogen (secondary N) is 2. The van der Waals surface area contributed by atoms with Gasteiger partial charge in [0.1, 0.15) is 5.82 Å². The summed E-state index contributed by atoms with van der Waals surface area (Å²) in [4.78, 5) is 8.74. The average molecular weight is 248 g/mol. The second-order valence-corrected chi connectivity index (χ2v) is 5.69. The van der Waals surface area contributed by atoms with Crippen LogP contribution in [0.3, 0.4) is 0 Å². The first-order chi connectivity index (χ1) is 8.61. The van der Waals surface area contributed by atoms with Crippen LogP contribution in [0.4, 0.5) is 11.8 Å². The third kappa shape index (κ3) is 3.34. The third-order valence-electron chi connectivity index (χ3n) is 3.83. The maximum atomic E-state index is 4.43. The van der Waals surface area contributed by atoms with Crippen LogP contribution in [-0.2, 0) is 0 Å². The van der Waals surface area contributed by atoms with Gasteiger partial charge in [0.2, 0.25) is 5.95 Å². The number of aromatic nitrogens is 2. The van der Waals surface area contributed by atoms with Gasteiger partial charge in [-0.1, -0.05) is 26.2 Å². The van der Waals surface area contributed by atoms with E-state index in [0.717, 1.165) is 18.1 Å². The van der Waals surface area contributed by atoms with Crippen molar-refractivity contribution < 1.29 is 0 Å². The quantitative estimate of drug-likeness (QED) is 0.859. The SMILES string of the molecule is CNc1nc(C)cc(NCC2(C)CCCCC2)n1. The van der Waals surface area contributed by atoms with Crippen LogP contribution in [0, 0.1) is 12.3 Å². The van der Waals surface area contributed by atoms with Crippen molar-refractivity contribution >= 4 is 11.8 Å². The summed E-state index contributed by atoms with van der Waals surface area (Å²) in [6.07, 6.45) is 6.77. The molecule has 0 unspecified atom stereocenters. The van der Waals surface area contributed by atoms with Gasteiger partial charge in [-0.15, -0.1) is 0 Å². The Morgan fingerprint density at radius 2 is 1.94 bits per heavy atom. The van der Waals surface area contributed by atoms with Crippen LogP contribution in [0.5, 0.6) is 0 Å². The van der Waals surface area contributed by atoms with E-state index < -0.39 is 0 Å². The zero-order valence-corrected chi connectivity index (χ0v) is 11.7. The molecule has 1 aromatic rings. The van der Waals surface area contributed by atoms with Crippen LogP contribution in [0.25, 0.3) is 0 Å². The molecule has 0 atom stereocenters. The molecular formula is C14H24N4. The summed E-state index contributed by atoms with van der Waals surface area (Å²) in [7, 11) is 1.85. The smallest absolute Gasteiger partial charge is 0.224 e. The van der Waals surface area contributed by atoms with E-state index in [-0.39, 0.29) is 0 Å². The van der Waals surface area contributed by atoms with E-state index in [1.54, 1.807) is 0 Å². The first-order valence-electron chi connectivity index (χ1n) is 6.89. The monoisotopic (exact) mass is 248 g/mol. The largest absolute Gasteiger partial charge is 0.369 e. The van der Waals surface area contributed by atoms with E-state index in [9.17, 15) is 0 Å². The number of hydrogen-bond acceptors (Lipinski definition) is 4. The van der Waals surface area contributed by atoms with Gasteiger partial charge in [0.15, 0.2) is 0 Å². The molecule has 1 aliphatic rings. The maximum Gasteiger partial charge on any atom is 0.224 e. The highest BCUT2D eigenvalue weighted by atomic mass is 15.1. The van der Waals surface area contributed by atoms with Crippen LogP contribution >= 0.6 is 0 Å². The summed E-state index contributed by atoms with van der Waals surface area (Å²) >= 11 is 0. The lowest BCUT2D eigenvalue weighted by Crippen LogP contribution is -2.29. The second kappa shape index (κ2) is 5.55. The minimum atomic E-state index is 0.427. The van der Waals surface area contributed by atoms with Crippen molar-refractivity contribution in [2.75, 3.05) is 24.2 Å². The van der Waals surface area contributed by atoms with Crippen LogP contribution in [-0.4, -0.2) is 23.6 Å². The highest BCUT2D eigenvalue weighted by molar-refractivity contribution is 5.42. The molecule has 4 nitrogen and oxygen atoms in total. The Balaban J connectivity index is 1.98. The van der Waals surface area contributed by atoms with Gasteiger partial charge in [-0.2, -0.15) is 4.98 Å². The summed E-state index contributed by atoms with van der Waals surface area (Å²) in [6, 6.07) is 2.01. The number of aryl methyl sites for hydroxylation is 1. The molecule has 0 saturated heterocycles. The number of anilines is 2. The molecule has 2 rings (SSSR count). The number of rotatable bonds is 4. The van der Waals surface area contributed by atoms with Crippen molar-refractivity contribution in [1.82, 2.24) is 9.97 Å². The Hall–Kier alpha value is -1.32. The second-order valence-electron chi connectivity index (χ2n) is 5.69. The molecular weight excluding hydrogens is 224 g/mol.